The molecule has 8 aromatic rings. The summed E-state index contributed by atoms with van der Waals surface area (Å²) in [7, 11) is 0. The third kappa shape index (κ3) is 6.20. The lowest BCUT2D eigenvalue weighted by Gasteiger charge is -2.45. The van der Waals surface area contributed by atoms with Crippen LogP contribution in [0.15, 0.2) is 162 Å². The topological polar surface area (TPSA) is 22.9 Å². The molecule has 4 heteroatoms. The smallest absolute Gasteiger partial charge is 0.230 e. The summed E-state index contributed by atoms with van der Waals surface area (Å²) in [6.07, 6.45) is 0. The van der Waals surface area contributed by atoms with Crippen LogP contribution in [0.2, 0.25) is 0 Å². The van der Waals surface area contributed by atoms with Gasteiger partial charge in [0.05, 0.1) is 28.4 Å². The van der Waals surface area contributed by atoms with Gasteiger partial charge < -0.3 is 14.2 Å². The highest BCUT2D eigenvalue weighted by Crippen LogP contribution is 2.65. The van der Waals surface area contributed by atoms with Crippen LogP contribution in [0.3, 0.4) is 0 Å². The fourth-order valence-corrected chi connectivity index (χ4v) is 8.94. The normalized spacial score (nSPS) is 13.7. The first-order valence-corrected chi connectivity index (χ1v) is 21.3. The molecule has 0 bridgehead atoms. The lowest BCUT2D eigenvalue weighted by molar-refractivity contribution is 0.589. The standard InChI is InChI=1S/C56H53N3O/c1-54(2,3)40-26-21-36(22-27-40)38-15-13-18-44(33-38)58-48-20-14-19-47-52(48)59(53-51(58)45-35-42(56(7,8)9)30-32-50(45)60-53)46-31-25-39(37-23-28-41(29-24-37)55(4,5)6)34-49(46)57(47)43-16-11-10-12-17-43/h10-35H,1-9H3. The molecule has 0 aliphatic carbocycles. The van der Waals surface area contributed by atoms with E-state index in [4.69, 9.17) is 4.42 Å². The number of para-hydroxylation sites is 2. The van der Waals surface area contributed by atoms with Crippen molar-refractivity contribution in [1.82, 2.24) is 0 Å². The van der Waals surface area contributed by atoms with Gasteiger partial charge in [-0.25, -0.2) is 0 Å². The first-order valence-electron chi connectivity index (χ1n) is 21.3. The summed E-state index contributed by atoms with van der Waals surface area (Å²) in [4.78, 5) is 7.24. The van der Waals surface area contributed by atoms with Gasteiger partial charge in [-0.1, -0.05) is 159 Å². The second-order valence-electron chi connectivity index (χ2n) is 19.6. The van der Waals surface area contributed by atoms with E-state index >= 15 is 0 Å². The molecular formula is C56H53N3O. The van der Waals surface area contributed by atoms with Crippen molar-refractivity contribution in [3.05, 3.63) is 174 Å². The van der Waals surface area contributed by atoms with Crippen molar-refractivity contribution >= 4 is 62.4 Å². The summed E-state index contributed by atoms with van der Waals surface area (Å²) in [6, 6.07) is 58.2. The molecule has 1 aromatic heterocycles. The fourth-order valence-electron chi connectivity index (χ4n) is 8.94. The third-order valence-corrected chi connectivity index (χ3v) is 12.4. The predicted octanol–water partition coefficient (Wildman–Crippen LogP) is 16.7. The number of fused-ring (bicyclic) bond motifs is 6. The SMILES string of the molecule is CC(C)(C)c1ccc(-c2cccc(N3c4cccc5c4N(c4ccc(-c6ccc(C(C)(C)C)cc6)cc4N5c4ccccc4)c4oc5ccc(C(C)(C)C)cc5c43)c2)cc1. The molecule has 0 spiro atoms. The molecule has 10 rings (SSSR count). The van der Waals surface area contributed by atoms with E-state index in [1.165, 1.54) is 38.9 Å². The number of anilines is 9. The molecule has 0 saturated heterocycles. The van der Waals surface area contributed by atoms with Gasteiger partial charge in [0.15, 0.2) is 0 Å². The van der Waals surface area contributed by atoms with Crippen LogP contribution in [-0.4, -0.2) is 0 Å². The van der Waals surface area contributed by atoms with E-state index in [-0.39, 0.29) is 16.2 Å². The molecule has 3 heterocycles. The Morgan fingerprint density at radius 1 is 0.350 bits per heavy atom. The molecule has 60 heavy (non-hydrogen) atoms. The van der Waals surface area contributed by atoms with Crippen LogP contribution < -0.4 is 14.7 Å². The van der Waals surface area contributed by atoms with Crippen LogP contribution in [0.25, 0.3) is 33.2 Å². The zero-order chi connectivity index (χ0) is 41.7. The molecular weight excluding hydrogens is 731 g/mol. The monoisotopic (exact) mass is 783 g/mol. The zero-order valence-corrected chi connectivity index (χ0v) is 36.3. The van der Waals surface area contributed by atoms with Gasteiger partial charge in [0.2, 0.25) is 5.88 Å². The van der Waals surface area contributed by atoms with Crippen LogP contribution in [0.5, 0.6) is 0 Å². The van der Waals surface area contributed by atoms with Gasteiger partial charge in [-0.2, -0.15) is 0 Å². The highest BCUT2D eigenvalue weighted by Gasteiger charge is 2.42. The van der Waals surface area contributed by atoms with Gasteiger partial charge >= 0.3 is 0 Å². The maximum absolute atomic E-state index is 7.14. The van der Waals surface area contributed by atoms with Crippen molar-refractivity contribution in [2.45, 2.75) is 78.6 Å². The molecule has 0 atom stereocenters. The summed E-state index contributed by atoms with van der Waals surface area (Å²) in [5.41, 5.74) is 18.3. The molecule has 2 aliphatic rings. The molecule has 298 valence electrons. The van der Waals surface area contributed by atoms with Gasteiger partial charge in [0, 0.05) is 16.8 Å². The van der Waals surface area contributed by atoms with Crippen molar-refractivity contribution < 1.29 is 4.42 Å². The Labute approximate surface area is 355 Å². The lowest BCUT2D eigenvalue weighted by atomic mass is 9.86. The van der Waals surface area contributed by atoms with E-state index < -0.39 is 0 Å². The summed E-state index contributed by atoms with van der Waals surface area (Å²) < 4.78 is 7.14. The number of furan rings is 1. The minimum Gasteiger partial charge on any atom is -0.437 e. The maximum atomic E-state index is 7.14. The van der Waals surface area contributed by atoms with Crippen LogP contribution in [0.4, 0.5) is 51.4 Å². The van der Waals surface area contributed by atoms with Crippen molar-refractivity contribution in [1.29, 1.82) is 0 Å². The third-order valence-electron chi connectivity index (χ3n) is 12.4. The van der Waals surface area contributed by atoms with E-state index in [2.05, 4.69) is 235 Å². The zero-order valence-electron chi connectivity index (χ0n) is 36.3. The Balaban J connectivity index is 1.22. The average Bonchev–Trinajstić information content (AvgIpc) is 3.61. The molecule has 0 fully saturated rings. The predicted molar refractivity (Wildman–Crippen MR) is 254 cm³/mol. The molecule has 4 nitrogen and oxygen atoms in total. The Morgan fingerprint density at radius 2 is 0.883 bits per heavy atom. The van der Waals surface area contributed by atoms with Gasteiger partial charge in [-0.05, 0) is 116 Å². The minimum atomic E-state index is -0.0442. The Morgan fingerprint density at radius 3 is 1.50 bits per heavy atom. The number of rotatable bonds is 4. The Kier molecular flexibility index (Phi) is 8.49. The first-order chi connectivity index (χ1) is 28.6. The van der Waals surface area contributed by atoms with Crippen molar-refractivity contribution in [2.75, 3.05) is 14.7 Å². The quantitative estimate of drug-likeness (QED) is 0.177. The van der Waals surface area contributed by atoms with Crippen LogP contribution in [0, 0.1) is 0 Å². The van der Waals surface area contributed by atoms with E-state index in [1.54, 1.807) is 0 Å². The minimum absolute atomic E-state index is 0.0442. The van der Waals surface area contributed by atoms with E-state index in [0.717, 1.165) is 62.4 Å². The molecule has 0 radical (unpaired) electrons. The summed E-state index contributed by atoms with van der Waals surface area (Å²) in [5, 5.41) is 1.09. The number of hydrogen-bond acceptors (Lipinski definition) is 4. The maximum Gasteiger partial charge on any atom is 0.230 e. The highest BCUT2D eigenvalue weighted by atomic mass is 16.4. The number of benzene rings is 7. The molecule has 0 amide bonds. The van der Waals surface area contributed by atoms with Crippen molar-refractivity contribution in [3.63, 3.8) is 0 Å². The molecule has 0 saturated carbocycles. The lowest BCUT2D eigenvalue weighted by Crippen LogP contribution is -2.29. The van der Waals surface area contributed by atoms with Crippen LogP contribution in [0.1, 0.15) is 79.0 Å². The van der Waals surface area contributed by atoms with E-state index in [0.29, 0.717) is 0 Å². The fraction of sp³-hybridized carbons (Fsp3) is 0.214. The second kappa shape index (κ2) is 13.5. The van der Waals surface area contributed by atoms with Gasteiger partial charge in [0.1, 0.15) is 11.3 Å². The average molecular weight is 784 g/mol. The molecule has 7 aromatic carbocycles. The van der Waals surface area contributed by atoms with Crippen LogP contribution in [-0.2, 0) is 16.2 Å². The van der Waals surface area contributed by atoms with E-state index in [1.807, 2.05) is 0 Å². The van der Waals surface area contributed by atoms with Crippen LogP contribution >= 0.6 is 0 Å². The van der Waals surface area contributed by atoms with Crippen molar-refractivity contribution in [3.8, 4) is 22.3 Å². The first kappa shape index (κ1) is 37.7. The number of nitrogens with zero attached hydrogens (tertiary/aromatic N) is 3. The second-order valence-corrected chi connectivity index (χ2v) is 19.6. The van der Waals surface area contributed by atoms with Crippen molar-refractivity contribution in [2.24, 2.45) is 0 Å². The van der Waals surface area contributed by atoms with E-state index in [9.17, 15) is 0 Å². The number of hydrogen-bond donors (Lipinski definition) is 0. The summed E-state index contributed by atoms with van der Waals surface area (Å²) >= 11 is 0. The highest BCUT2D eigenvalue weighted by molar-refractivity contribution is 6.16. The van der Waals surface area contributed by atoms with Gasteiger partial charge in [0.25, 0.3) is 0 Å². The van der Waals surface area contributed by atoms with Gasteiger partial charge in [-0.15, -0.1) is 0 Å². The van der Waals surface area contributed by atoms with Gasteiger partial charge in [-0.3, -0.25) is 4.90 Å². The molecule has 2 aliphatic heterocycles. The molecule has 0 unspecified atom stereocenters. The Hall–Kier alpha value is -6.52. The summed E-state index contributed by atoms with van der Waals surface area (Å²) in [5.74, 6) is 0.812. The molecule has 0 N–H and O–H groups in total. The largest absolute Gasteiger partial charge is 0.437 e. The Bertz CT molecular complexity index is 2920. The summed E-state index contributed by atoms with van der Waals surface area (Å²) in [6.45, 7) is 20.4.